The molecule has 0 unspecified atom stereocenters. The molecule has 0 fully saturated rings. The van der Waals surface area contributed by atoms with Gasteiger partial charge in [-0.25, -0.2) is 4.79 Å². The van der Waals surface area contributed by atoms with E-state index in [1.54, 1.807) is 12.1 Å². The Hall–Kier alpha value is -2.73. The summed E-state index contributed by atoms with van der Waals surface area (Å²) in [6.07, 6.45) is -4.60. The number of amides is 2. The van der Waals surface area contributed by atoms with Gasteiger partial charge in [0.1, 0.15) is 0 Å². The van der Waals surface area contributed by atoms with Gasteiger partial charge in [0.15, 0.2) is 0 Å². The molecule has 0 spiro atoms. The van der Waals surface area contributed by atoms with E-state index in [0.717, 1.165) is 22.9 Å². The van der Waals surface area contributed by atoms with E-state index in [4.69, 9.17) is 11.6 Å². The standard InChI is InChI=1S/C18H12ClF3N2O/c19-15-9-8-12(10-14(15)18(20,21)22)23-17(25)24-16-7-3-5-11-4-1-2-6-13(11)16/h1-10H,(H2,23,24,25). The molecule has 2 N–H and O–H groups in total. The fourth-order valence-electron chi connectivity index (χ4n) is 2.44. The summed E-state index contributed by atoms with van der Waals surface area (Å²) >= 11 is 5.56. The molecule has 3 aromatic carbocycles. The number of carbonyl (C=O) groups is 1. The lowest BCUT2D eigenvalue weighted by molar-refractivity contribution is -0.137. The van der Waals surface area contributed by atoms with Crippen molar-refractivity contribution in [2.24, 2.45) is 0 Å². The molecule has 0 bridgehead atoms. The van der Waals surface area contributed by atoms with E-state index in [-0.39, 0.29) is 5.69 Å². The largest absolute Gasteiger partial charge is 0.417 e. The minimum absolute atomic E-state index is 0.00513. The molecule has 3 rings (SSSR count). The first-order valence-corrected chi connectivity index (χ1v) is 7.65. The SMILES string of the molecule is O=C(Nc1ccc(Cl)c(C(F)(F)F)c1)Nc1cccc2ccccc12. The minimum Gasteiger partial charge on any atom is -0.308 e. The third kappa shape index (κ3) is 3.85. The van der Waals surface area contributed by atoms with Gasteiger partial charge in [-0.1, -0.05) is 48.0 Å². The minimum atomic E-state index is -4.60. The lowest BCUT2D eigenvalue weighted by Gasteiger charge is -2.13. The number of carbonyl (C=O) groups excluding carboxylic acids is 1. The number of nitrogens with one attached hydrogen (secondary N) is 2. The number of hydrogen-bond donors (Lipinski definition) is 2. The molecule has 0 aromatic heterocycles. The summed E-state index contributed by atoms with van der Waals surface area (Å²) in [6.45, 7) is 0. The Bertz CT molecular complexity index is 936. The zero-order chi connectivity index (χ0) is 18.0. The predicted molar refractivity (Wildman–Crippen MR) is 93.0 cm³/mol. The summed E-state index contributed by atoms with van der Waals surface area (Å²) in [7, 11) is 0. The summed E-state index contributed by atoms with van der Waals surface area (Å²) in [5, 5.41) is 6.37. The Morgan fingerprint density at radius 3 is 2.40 bits per heavy atom. The molecular formula is C18H12ClF3N2O. The number of rotatable bonds is 2. The summed E-state index contributed by atoms with van der Waals surface area (Å²) in [4.78, 5) is 12.1. The maximum Gasteiger partial charge on any atom is 0.417 e. The molecule has 25 heavy (non-hydrogen) atoms. The number of urea groups is 1. The topological polar surface area (TPSA) is 41.1 Å². The Balaban J connectivity index is 1.81. The lowest BCUT2D eigenvalue weighted by atomic mass is 10.1. The Morgan fingerprint density at radius 1 is 0.920 bits per heavy atom. The average Bonchev–Trinajstić information content (AvgIpc) is 2.56. The molecule has 0 saturated carbocycles. The fraction of sp³-hybridized carbons (Fsp3) is 0.0556. The van der Waals surface area contributed by atoms with Crippen LogP contribution in [0.1, 0.15) is 5.56 Å². The first-order valence-electron chi connectivity index (χ1n) is 7.27. The molecule has 0 radical (unpaired) electrons. The molecular weight excluding hydrogens is 353 g/mol. The second kappa shape index (κ2) is 6.64. The Kier molecular flexibility index (Phi) is 4.55. The van der Waals surface area contributed by atoms with Crippen LogP contribution in [-0.2, 0) is 6.18 Å². The highest BCUT2D eigenvalue weighted by atomic mass is 35.5. The van der Waals surface area contributed by atoms with E-state index in [2.05, 4.69) is 10.6 Å². The van der Waals surface area contributed by atoms with Gasteiger partial charge in [0.2, 0.25) is 0 Å². The predicted octanol–water partition coefficient (Wildman–Crippen LogP) is 6.16. The lowest BCUT2D eigenvalue weighted by Crippen LogP contribution is -2.20. The molecule has 0 aliphatic carbocycles. The van der Waals surface area contributed by atoms with E-state index in [9.17, 15) is 18.0 Å². The van der Waals surface area contributed by atoms with Gasteiger partial charge in [0, 0.05) is 11.1 Å². The van der Waals surface area contributed by atoms with E-state index < -0.39 is 22.8 Å². The fourth-order valence-corrected chi connectivity index (χ4v) is 2.66. The first-order chi connectivity index (χ1) is 11.8. The van der Waals surface area contributed by atoms with Gasteiger partial charge in [0.05, 0.1) is 16.3 Å². The van der Waals surface area contributed by atoms with Crippen LogP contribution in [0.2, 0.25) is 5.02 Å². The molecule has 2 amide bonds. The van der Waals surface area contributed by atoms with Crippen LogP contribution in [0.25, 0.3) is 10.8 Å². The molecule has 0 heterocycles. The van der Waals surface area contributed by atoms with E-state index in [1.807, 2.05) is 30.3 Å². The number of halogens is 4. The number of benzene rings is 3. The van der Waals surface area contributed by atoms with E-state index in [1.165, 1.54) is 6.07 Å². The molecule has 0 aliphatic rings. The molecule has 0 aliphatic heterocycles. The van der Waals surface area contributed by atoms with Crippen LogP contribution in [-0.4, -0.2) is 6.03 Å². The monoisotopic (exact) mass is 364 g/mol. The quantitative estimate of drug-likeness (QED) is 0.562. The number of alkyl halides is 3. The maximum atomic E-state index is 12.9. The van der Waals surface area contributed by atoms with Crippen molar-refractivity contribution in [2.75, 3.05) is 10.6 Å². The second-order valence-electron chi connectivity index (χ2n) is 5.30. The summed E-state index contributed by atoms with van der Waals surface area (Å²) in [6, 6.07) is 15.4. The van der Waals surface area contributed by atoms with Gasteiger partial charge in [-0.2, -0.15) is 13.2 Å². The van der Waals surface area contributed by atoms with Crippen molar-refractivity contribution in [3.05, 3.63) is 71.2 Å². The van der Waals surface area contributed by atoms with Crippen LogP contribution < -0.4 is 10.6 Å². The van der Waals surface area contributed by atoms with Crippen molar-refractivity contribution in [3.63, 3.8) is 0 Å². The van der Waals surface area contributed by atoms with E-state index in [0.29, 0.717) is 5.69 Å². The third-order valence-corrected chi connectivity index (χ3v) is 3.90. The Morgan fingerprint density at radius 2 is 1.64 bits per heavy atom. The maximum absolute atomic E-state index is 12.9. The first kappa shape index (κ1) is 17.1. The molecule has 128 valence electrons. The summed E-state index contributed by atoms with van der Waals surface area (Å²) in [5.41, 5.74) is -0.452. The van der Waals surface area contributed by atoms with Crippen molar-refractivity contribution in [2.45, 2.75) is 6.18 Å². The normalized spacial score (nSPS) is 11.4. The van der Waals surface area contributed by atoms with Crippen molar-refractivity contribution < 1.29 is 18.0 Å². The number of anilines is 2. The molecule has 0 atom stereocenters. The van der Waals surface area contributed by atoms with Crippen LogP contribution in [0.15, 0.2) is 60.7 Å². The second-order valence-corrected chi connectivity index (χ2v) is 5.71. The summed E-state index contributed by atoms with van der Waals surface area (Å²) in [5.74, 6) is 0. The highest BCUT2D eigenvalue weighted by Crippen LogP contribution is 2.36. The van der Waals surface area contributed by atoms with Crippen LogP contribution in [0.5, 0.6) is 0 Å². The van der Waals surface area contributed by atoms with Crippen LogP contribution >= 0.6 is 11.6 Å². The highest BCUT2D eigenvalue weighted by molar-refractivity contribution is 6.31. The van der Waals surface area contributed by atoms with Gasteiger partial charge in [0.25, 0.3) is 0 Å². The smallest absolute Gasteiger partial charge is 0.308 e. The van der Waals surface area contributed by atoms with Gasteiger partial charge < -0.3 is 10.6 Å². The molecule has 0 saturated heterocycles. The zero-order valence-electron chi connectivity index (χ0n) is 12.7. The third-order valence-electron chi connectivity index (χ3n) is 3.57. The molecule has 3 nitrogen and oxygen atoms in total. The van der Waals surface area contributed by atoms with Crippen molar-refractivity contribution in [1.29, 1.82) is 0 Å². The van der Waals surface area contributed by atoms with Crippen molar-refractivity contribution in [1.82, 2.24) is 0 Å². The van der Waals surface area contributed by atoms with E-state index >= 15 is 0 Å². The van der Waals surface area contributed by atoms with Crippen molar-refractivity contribution in [3.8, 4) is 0 Å². The van der Waals surface area contributed by atoms with Crippen LogP contribution in [0.3, 0.4) is 0 Å². The van der Waals surface area contributed by atoms with Crippen LogP contribution in [0.4, 0.5) is 29.3 Å². The van der Waals surface area contributed by atoms with Gasteiger partial charge >= 0.3 is 12.2 Å². The van der Waals surface area contributed by atoms with Crippen LogP contribution in [0, 0.1) is 0 Å². The van der Waals surface area contributed by atoms with Gasteiger partial charge in [-0.05, 0) is 29.7 Å². The summed E-state index contributed by atoms with van der Waals surface area (Å²) < 4.78 is 38.6. The molecule has 3 aromatic rings. The highest BCUT2D eigenvalue weighted by Gasteiger charge is 2.33. The number of hydrogen-bond acceptors (Lipinski definition) is 1. The van der Waals surface area contributed by atoms with Crippen molar-refractivity contribution >= 4 is 39.8 Å². The number of fused-ring (bicyclic) bond motifs is 1. The average molecular weight is 365 g/mol. The Labute approximate surface area is 146 Å². The molecule has 7 heteroatoms. The van der Waals surface area contributed by atoms with Gasteiger partial charge in [-0.3, -0.25) is 0 Å². The zero-order valence-corrected chi connectivity index (χ0v) is 13.4. The van der Waals surface area contributed by atoms with Gasteiger partial charge in [-0.15, -0.1) is 0 Å².